The number of anilines is 4. The number of likely N-dealkylation sites (tertiary alicyclic amines) is 2. The topological polar surface area (TPSA) is 160 Å². The van der Waals surface area contributed by atoms with Gasteiger partial charge in [-0.25, -0.2) is 18.7 Å². The number of urea groups is 1. The first-order chi connectivity index (χ1) is 32.3. The third-order valence-electron chi connectivity index (χ3n) is 16.1. The smallest absolute Gasteiger partial charge is 0.328 e. The number of nitrogens with one attached hydrogen (secondary N) is 3. The molecule has 11 rings (SSSR count). The number of hydrogen-bond donors (Lipinski definition) is 3. The number of methoxy groups -OCH3 is 1. The molecule has 7 heterocycles. The first-order valence-corrected chi connectivity index (χ1v) is 24.4. The third-order valence-corrected chi connectivity index (χ3v) is 16.6. The zero-order valence-electron chi connectivity index (χ0n) is 38.5. The first-order valence-electron chi connectivity index (χ1n) is 24.0. The van der Waals surface area contributed by atoms with Crippen LogP contribution in [0.25, 0.3) is 5.65 Å². The van der Waals surface area contributed by atoms with Gasteiger partial charge in [0, 0.05) is 102 Å². The first kappa shape index (κ1) is 44.2. The SMILES string of the molecule is CNc1cc(N2CCc3c(CN4C5CCC4CN(CC4(F)CC6(CCN(C(=O)c7cc(C)c(Cl)c(N8CCC(=O)NC8=O)c7)CC6)C4)C5)cccc32)nn2c(C(=O)N[C@@H]3CC[C@H]3OC)cnc12. The minimum absolute atomic E-state index is 0.0217. The molecule has 2 aromatic heterocycles. The second-order valence-electron chi connectivity index (χ2n) is 20.2. The Morgan fingerprint density at radius 2 is 1.73 bits per heavy atom. The lowest BCUT2D eigenvalue weighted by Crippen LogP contribution is -2.61. The van der Waals surface area contributed by atoms with Crippen molar-refractivity contribution in [3.63, 3.8) is 0 Å². The number of amides is 5. The Balaban J connectivity index is 0.705. The highest BCUT2D eigenvalue weighted by molar-refractivity contribution is 6.35. The normalized spacial score (nSPS) is 25.5. The molecule has 6 fully saturated rings. The van der Waals surface area contributed by atoms with E-state index in [1.807, 2.05) is 18.0 Å². The number of hydrogen-bond acceptors (Lipinski definition) is 11. The van der Waals surface area contributed by atoms with Gasteiger partial charge in [0.05, 0.1) is 34.7 Å². The Hall–Kier alpha value is -5.36. The summed E-state index contributed by atoms with van der Waals surface area (Å²) in [6.07, 6.45) is 9.26. The summed E-state index contributed by atoms with van der Waals surface area (Å²) < 4.78 is 23.8. The number of ether oxygens (including phenoxy) is 1. The number of fused-ring (bicyclic) bond motifs is 4. The maximum atomic E-state index is 16.7. The van der Waals surface area contributed by atoms with Gasteiger partial charge in [0.1, 0.15) is 5.67 Å². The highest BCUT2D eigenvalue weighted by Gasteiger charge is 2.57. The van der Waals surface area contributed by atoms with E-state index in [1.165, 1.54) is 16.0 Å². The quantitative estimate of drug-likeness (QED) is 0.166. The maximum Gasteiger partial charge on any atom is 0.328 e. The van der Waals surface area contributed by atoms with Crippen LogP contribution < -0.4 is 25.8 Å². The van der Waals surface area contributed by atoms with E-state index in [-0.39, 0.29) is 48.2 Å². The highest BCUT2D eigenvalue weighted by atomic mass is 35.5. The van der Waals surface area contributed by atoms with Gasteiger partial charge in [0.2, 0.25) is 5.91 Å². The summed E-state index contributed by atoms with van der Waals surface area (Å²) in [7, 11) is 3.53. The van der Waals surface area contributed by atoms with Crippen LogP contribution in [0.5, 0.6) is 0 Å². The number of halogens is 2. The van der Waals surface area contributed by atoms with E-state index in [1.54, 1.807) is 36.9 Å². The van der Waals surface area contributed by atoms with Crippen LogP contribution in [0.2, 0.25) is 5.02 Å². The van der Waals surface area contributed by atoms with E-state index in [9.17, 15) is 19.2 Å². The van der Waals surface area contributed by atoms with Gasteiger partial charge >= 0.3 is 6.03 Å². The van der Waals surface area contributed by atoms with Crippen molar-refractivity contribution >= 4 is 63.9 Å². The van der Waals surface area contributed by atoms with Crippen LogP contribution in [0.4, 0.5) is 32.1 Å². The molecule has 4 aromatic rings. The summed E-state index contributed by atoms with van der Waals surface area (Å²) in [6.45, 7) is 6.91. The lowest BCUT2D eigenvalue weighted by Gasteiger charge is -2.57. The average Bonchev–Trinajstić information content (AvgIpc) is 3.99. The second-order valence-corrected chi connectivity index (χ2v) is 20.6. The number of carbonyl (C=O) groups is 4. The van der Waals surface area contributed by atoms with Crippen LogP contribution in [0.3, 0.4) is 0 Å². The van der Waals surface area contributed by atoms with Crippen LogP contribution in [0, 0.1) is 12.3 Å². The minimum Gasteiger partial charge on any atom is -0.385 e. The molecule has 16 nitrogen and oxygen atoms in total. The molecule has 2 bridgehead atoms. The third kappa shape index (κ3) is 7.88. The van der Waals surface area contributed by atoms with Crippen molar-refractivity contribution < 1.29 is 28.3 Å². The molecule has 18 heteroatoms. The fourth-order valence-electron chi connectivity index (χ4n) is 12.5. The van der Waals surface area contributed by atoms with Crippen LogP contribution in [-0.4, -0.2) is 143 Å². The van der Waals surface area contributed by atoms with Crippen LogP contribution in [-0.2, 0) is 22.5 Å². The second kappa shape index (κ2) is 17.0. The number of carbonyl (C=O) groups excluding carboxylic acids is 4. The predicted octanol–water partition coefficient (Wildman–Crippen LogP) is 5.85. The number of alkyl halides is 1. The number of nitrogens with zero attached hydrogens (tertiary/aromatic N) is 8. The zero-order valence-corrected chi connectivity index (χ0v) is 39.2. The van der Waals surface area contributed by atoms with Crippen LogP contribution >= 0.6 is 11.6 Å². The van der Waals surface area contributed by atoms with E-state index in [2.05, 4.69) is 53.8 Å². The summed E-state index contributed by atoms with van der Waals surface area (Å²) in [6, 6.07) is 12.1. The number of piperidine rings is 1. The van der Waals surface area contributed by atoms with Gasteiger partial charge < -0.3 is 25.2 Å². The fourth-order valence-corrected chi connectivity index (χ4v) is 12.7. The molecule has 2 unspecified atom stereocenters. The van der Waals surface area contributed by atoms with Gasteiger partial charge in [-0.3, -0.25) is 34.4 Å². The van der Waals surface area contributed by atoms with E-state index in [0.717, 1.165) is 88.3 Å². The van der Waals surface area contributed by atoms with Gasteiger partial charge in [0.15, 0.2) is 17.2 Å². The molecule has 5 aliphatic heterocycles. The van der Waals surface area contributed by atoms with Gasteiger partial charge in [0.25, 0.3) is 11.8 Å². The van der Waals surface area contributed by atoms with Gasteiger partial charge in [-0.15, -0.1) is 5.10 Å². The molecule has 0 radical (unpaired) electrons. The molecule has 2 saturated carbocycles. The van der Waals surface area contributed by atoms with Crippen molar-refractivity contribution in [2.24, 2.45) is 5.41 Å². The Bertz CT molecular complexity index is 2650. The summed E-state index contributed by atoms with van der Waals surface area (Å²) in [5.74, 6) is 0.0642. The van der Waals surface area contributed by atoms with E-state index >= 15 is 4.39 Å². The number of rotatable bonds is 11. The van der Waals surface area contributed by atoms with Crippen molar-refractivity contribution in [3.05, 3.63) is 75.6 Å². The van der Waals surface area contributed by atoms with Crippen molar-refractivity contribution in [1.82, 2.24) is 39.9 Å². The fraction of sp³-hybridized carbons (Fsp3) is 0.551. The summed E-state index contributed by atoms with van der Waals surface area (Å²) >= 11 is 6.61. The summed E-state index contributed by atoms with van der Waals surface area (Å²) in [5, 5.41) is 14.1. The van der Waals surface area contributed by atoms with Crippen molar-refractivity contribution in [2.75, 3.05) is 75.1 Å². The van der Waals surface area contributed by atoms with E-state index in [0.29, 0.717) is 77.7 Å². The molecular weight excluding hydrogens is 877 g/mol. The molecule has 4 atom stereocenters. The molecule has 354 valence electrons. The Labute approximate surface area is 394 Å². The monoisotopic (exact) mass is 935 g/mol. The number of benzene rings is 2. The standard InChI is InChI=1S/C49H59ClFN11O5/c1-29-19-31(20-38(43(29)50)60-16-12-42(63)55-47(60)66)46(65)58-17-13-48(14-18-58)26-49(51,27-48)28-57-24-32-7-8-33(25-57)61(32)23-30-5-4-6-37-34(30)11-15-59(37)41-21-36(52-2)44-53-22-39(62(44)56-41)45(64)54-35-9-10-40(35)67-3/h4-6,19-22,32-33,35,40,52H,7-18,23-28H2,1-3H3,(H,54,64)(H,55,63,66)/t32?,33?,35-,40-/m1/s1. The molecular formula is C49H59ClFN11O5. The molecule has 5 amide bonds. The number of aryl methyl sites for hydroxylation is 1. The zero-order chi connectivity index (χ0) is 46.4. The largest absolute Gasteiger partial charge is 0.385 e. The predicted molar refractivity (Wildman–Crippen MR) is 252 cm³/mol. The lowest BCUT2D eigenvalue weighted by atomic mass is 9.55. The van der Waals surface area contributed by atoms with Gasteiger partial charge in [-0.05, 0) is 105 Å². The van der Waals surface area contributed by atoms with Crippen LogP contribution in [0.1, 0.15) is 95.3 Å². The molecule has 67 heavy (non-hydrogen) atoms. The van der Waals surface area contributed by atoms with Gasteiger partial charge in [-0.1, -0.05) is 23.7 Å². The average molecular weight is 937 g/mol. The van der Waals surface area contributed by atoms with Crippen molar-refractivity contribution in [3.8, 4) is 0 Å². The molecule has 3 N–H and O–H groups in total. The molecule has 2 aromatic carbocycles. The lowest BCUT2D eigenvalue weighted by molar-refractivity contribution is -0.120. The number of imide groups is 1. The Kier molecular flexibility index (Phi) is 11.2. The summed E-state index contributed by atoms with van der Waals surface area (Å²) in [5.41, 5.74) is 5.77. The molecule has 1 spiro atoms. The number of piperazine rings is 1. The molecule has 7 aliphatic rings. The number of imidazole rings is 1. The van der Waals surface area contributed by atoms with E-state index < -0.39 is 11.7 Å². The van der Waals surface area contributed by atoms with E-state index in [4.69, 9.17) is 21.4 Å². The minimum atomic E-state index is -1.23. The molecule has 2 aliphatic carbocycles. The Morgan fingerprint density at radius 3 is 2.43 bits per heavy atom. The van der Waals surface area contributed by atoms with Gasteiger partial charge in [-0.2, -0.15) is 0 Å². The summed E-state index contributed by atoms with van der Waals surface area (Å²) in [4.78, 5) is 66.8. The van der Waals surface area contributed by atoms with Crippen molar-refractivity contribution in [1.29, 1.82) is 0 Å². The van der Waals surface area contributed by atoms with Crippen molar-refractivity contribution in [2.45, 2.75) is 108 Å². The Morgan fingerprint density at radius 1 is 0.970 bits per heavy atom. The highest BCUT2D eigenvalue weighted by Crippen LogP contribution is 2.57. The molecule has 4 saturated heterocycles. The number of aromatic nitrogens is 3. The maximum absolute atomic E-state index is 16.7. The van der Waals surface area contributed by atoms with Crippen LogP contribution in [0.15, 0.2) is 42.6 Å².